The molecule has 0 saturated heterocycles. The normalized spacial score (nSPS) is 11.4. The first-order chi connectivity index (χ1) is 8.40. The Balaban J connectivity index is 0.00000137. The number of nitrogens with two attached hydrogens (primary N) is 1. The summed E-state index contributed by atoms with van der Waals surface area (Å²) in [5.41, 5.74) is 4.99. The van der Waals surface area contributed by atoms with Gasteiger partial charge < -0.3 is 10.5 Å². The van der Waals surface area contributed by atoms with Crippen molar-refractivity contribution in [3.8, 4) is 0 Å². The van der Waals surface area contributed by atoms with Gasteiger partial charge in [0.1, 0.15) is 11.5 Å². The van der Waals surface area contributed by atoms with Crippen LogP contribution in [0.5, 0.6) is 0 Å². The molecular formula is C11H16BrFN2O3. The summed E-state index contributed by atoms with van der Waals surface area (Å²) in [7, 11) is 1.37. The molecule has 5 nitrogen and oxygen atoms in total. The van der Waals surface area contributed by atoms with Gasteiger partial charge in [-0.05, 0) is 22.9 Å². The fourth-order valence-corrected chi connectivity index (χ4v) is 1.74. The van der Waals surface area contributed by atoms with Crippen LogP contribution >= 0.6 is 15.9 Å². The quantitative estimate of drug-likeness (QED) is 0.521. The monoisotopic (exact) mass is 322 g/mol. The first kappa shape index (κ1) is 16.8. The number of ether oxygens (including phenoxy) is 1. The number of anilines is 1. The van der Waals surface area contributed by atoms with Crippen molar-refractivity contribution in [2.45, 2.75) is 26.9 Å². The minimum atomic E-state index is -0.661. The fraction of sp³-hybridized carbons (Fsp3) is 0.455. The van der Waals surface area contributed by atoms with E-state index in [1.54, 1.807) is 6.92 Å². The summed E-state index contributed by atoms with van der Waals surface area (Å²) in [6.45, 7) is 5.56. The number of halogens is 2. The topological polar surface area (TPSA) is 78.4 Å². The molecule has 7 heteroatoms. The first-order valence-electron chi connectivity index (χ1n) is 5.34. The number of nitro groups is 1. The third-order valence-electron chi connectivity index (χ3n) is 2.23. The van der Waals surface area contributed by atoms with Crippen LogP contribution in [0.2, 0.25) is 0 Å². The molecule has 0 amide bonds. The van der Waals surface area contributed by atoms with E-state index < -0.39 is 16.8 Å². The Morgan fingerprint density at radius 2 is 2.06 bits per heavy atom. The van der Waals surface area contributed by atoms with Gasteiger partial charge in [0.2, 0.25) is 0 Å². The van der Waals surface area contributed by atoms with Gasteiger partial charge in [-0.3, -0.25) is 10.1 Å². The van der Waals surface area contributed by atoms with Gasteiger partial charge in [-0.25, -0.2) is 4.39 Å². The molecule has 2 N–H and O–H groups in total. The van der Waals surface area contributed by atoms with E-state index in [1.165, 1.54) is 7.11 Å². The van der Waals surface area contributed by atoms with Crippen LogP contribution < -0.4 is 5.73 Å². The Kier molecular flexibility index (Phi) is 6.79. The summed E-state index contributed by atoms with van der Waals surface area (Å²) in [5, 5.41) is 10.7. The summed E-state index contributed by atoms with van der Waals surface area (Å²) in [6, 6.07) is 1.04. The lowest BCUT2D eigenvalue weighted by atomic mass is 10.1. The maximum Gasteiger partial charge on any atom is 0.293 e. The molecule has 18 heavy (non-hydrogen) atoms. The molecule has 1 rings (SSSR count). The van der Waals surface area contributed by atoms with Crippen LogP contribution in [0.1, 0.15) is 32.4 Å². The lowest BCUT2D eigenvalue weighted by molar-refractivity contribution is -0.384. The Labute approximate surface area is 113 Å². The largest absolute Gasteiger partial charge is 0.393 e. The Morgan fingerprint density at radius 3 is 2.44 bits per heavy atom. The van der Waals surface area contributed by atoms with E-state index in [-0.39, 0.29) is 21.4 Å². The highest BCUT2D eigenvalue weighted by Crippen LogP contribution is 2.37. The number of hydrogen-bond acceptors (Lipinski definition) is 4. The number of methoxy groups -OCH3 is 1. The number of benzene rings is 1. The first-order valence-corrected chi connectivity index (χ1v) is 6.14. The van der Waals surface area contributed by atoms with Crippen LogP contribution in [0.25, 0.3) is 0 Å². The number of nitrogen functional groups attached to an aromatic ring is 1. The average Bonchev–Trinajstić information content (AvgIpc) is 2.35. The van der Waals surface area contributed by atoms with Crippen LogP contribution in [-0.2, 0) is 4.74 Å². The zero-order valence-corrected chi connectivity index (χ0v) is 12.2. The molecule has 1 aromatic carbocycles. The minimum Gasteiger partial charge on any atom is -0.393 e. The molecule has 0 aliphatic rings. The molecule has 0 fully saturated rings. The van der Waals surface area contributed by atoms with E-state index in [4.69, 9.17) is 10.5 Å². The van der Waals surface area contributed by atoms with Crippen molar-refractivity contribution in [1.29, 1.82) is 0 Å². The van der Waals surface area contributed by atoms with Gasteiger partial charge in [0.25, 0.3) is 5.69 Å². The van der Waals surface area contributed by atoms with Crippen LogP contribution in [0, 0.1) is 15.9 Å². The van der Waals surface area contributed by atoms with Crippen molar-refractivity contribution < 1.29 is 14.1 Å². The zero-order valence-electron chi connectivity index (χ0n) is 10.7. The summed E-state index contributed by atoms with van der Waals surface area (Å²) in [6.07, 6.45) is -0.656. The van der Waals surface area contributed by atoms with Gasteiger partial charge in [0.15, 0.2) is 0 Å². The van der Waals surface area contributed by atoms with Crippen LogP contribution in [0.15, 0.2) is 10.5 Å². The minimum absolute atomic E-state index is 0.00713. The van der Waals surface area contributed by atoms with Gasteiger partial charge in [0, 0.05) is 18.7 Å². The zero-order chi connectivity index (χ0) is 14.5. The molecular weight excluding hydrogens is 307 g/mol. The van der Waals surface area contributed by atoms with Gasteiger partial charge in [-0.1, -0.05) is 13.8 Å². The third kappa shape index (κ3) is 3.39. The van der Waals surface area contributed by atoms with Crippen LogP contribution in [0.4, 0.5) is 15.8 Å². The van der Waals surface area contributed by atoms with Gasteiger partial charge >= 0.3 is 0 Å². The maximum absolute atomic E-state index is 13.7. The molecule has 0 bridgehead atoms. The highest BCUT2D eigenvalue weighted by molar-refractivity contribution is 9.10. The number of nitro benzene ring substituents is 1. The molecule has 0 saturated carbocycles. The molecule has 102 valence electrons. The SMILES string of the molecule is CC.COC(C)c1c(N)c([N+](=O)[O-])cc(Br)c1F. The van der Waals surface area contributed by atoms with Crippen molar-refractivity contribution in [3.63, 3.8) is 0 Å². The summed E-state index contributed by atoms with van der Waals surface area (Å²) < 4.78 is 18.6. The maximum atomic E-state index is 13.7. The Morgan fingerprint density at radius 1 is 1.56 bits per heavy atom. The van der Waals surface area contributed by atoms with Crippen LogP contribution in [-0.4, -0.2) is 12.0 Å². The van der Waals surface area contributed by atoms with E-state index in [9.17, 15) is 14.5 Å². The summed E-state index contributed by atoms with van der Waals surface area (Å²) in [5.74, 6) is -0.641. The Bertz CT molecular complexity index is 441. The molecule has 0 aliphatic heterocycles. The van der Waals surface area contributed by atoms with E-state index in [0.717, 1.165) is 6.07 Å². The molecule has 0 radical (unpaired) electrons. The molecule has 0 spiro atoms. The standard InChI is InChI=1S/C9H10BrFN2O3.C2H6/c1-4(16-2)7-8(11)5(10)3-6(9(7)12)13(14)15;1-2/h3-4H,12H2,1-2H3;1-2H3. The molecule has 0 aromatic heterocycles. The molecule has 1 atom stereocenters. The smallest absolute Gasteiger partial charge is 0.293 e. The average molecular weight is 323 g/mol. The van der Waals surface area contributed by atoms with Gasteiger partial charge in [0.05, 0.1) is 15.5 Å². The highest BCUT2D eigenvalue weighted by Gasteiger charge is 2.25. The van der Waals surface area contributed by atoms with Crippen molar-refractivity contribution in [3.05, 3.63) is 32.0 Å². The second-order valence-corrected chi connectivity index (χ2v) is 4.01. The van der Waals surface area contributed by atoms with E-state index in [2.05, 4.69) is 15.9 Å². The predicted octanol–water partition coefficient (Wildman–Crippen LogP) is 3.81. The van der Waals surface area contributed by atoms with Gasteiger partial charge in [-0.2, -0.15) is 0 Å². The lowest BCUT2D eigenvalue weighted by Gasteiger charge is -2.14. The van der Waals surface area contributed by atoms with Crippen LogP contribution in [0.3, 0.4) is 0 Å². The summed E-state index contributed by atoms with van der Waals surface area (Å²) in [4.78, 5) is 10.0. The number of nitrogens with zero attached hydrogens (tertiary/aromatic N) is 1. The third-order valence-corrected chi connectivity index (χ3v) is 2.81. The van der Waals surface area contributed by atoms with Crippen molar-refractivity contribution in [1.82, 2.24) is 0 Å². The number of rotatable bonds is 3. The molecule has 1 aromatic rings. The molecule has 0 heterocycles. The van der Waals surface area contributed by atoms with Crippen molar-refractivity contribution in [2.75, 3.05) is 12.8 Å². The second kappa shape index (κ2) is 7.27. The van der Waals surface area contributed by atoms with Gasteiger partial charge in [-0.15, -0.1) is 0 Å². The highest BCUT2D eigenvalue weighted by atomic mass is 79.9. The summed E-state index contributed by atoms with van der Waals surface area (Å²) >= 11 is 2.91. The lowest BCUT2D eigenvalue weighted by Crippen LogP contribution is -2.08. The van der Waals surface area contributed by atoms with Crippen molar-refractivity contribution in [2.24, 2.45) is 0 Å². The molecule has 1 unspecified atom stereocenters. The molecule has 0 aliphatic carbocycles. The Hall–Kier alpha value is -1.21. The van der Waals surface area contributed by atoms with E-state index in [1.807, 2.05) is 13.8 Å². The predicted molar refractivity (Wildman–Crippen MR) is 71.9 cm³/mol. The second-order valence-electron chi connectivity index (χ2n) is 3.15. The van der Waals surface area contributed by atoms with E-state index in [0.29, 0.717) is 0 Å². The fourth-order valence-electron chi connectivity index (χ4n) is 1.31. The van der Waals surface area contributed by atoms with E-state index >= 15 is 0 Å². The van der Waals surface area contributed by atoms with Crippen molar-refractivity contribution >= 4 is 27.3 Å². The number of hydrogen-bond donors (Lipinski definition) is 1.